The maximum absolute atomic E-state index is 12.5. The van der Waals surface area contributed by atoms with Crippen LogP contribution in [0.1, 0.15) is 37.7 Å². The van der Waals surface area contributed by atoms with Crippen molar-refractivity contribution in [3.05, 3.63) is 35.9 Å². The fraction of sp³-hybridized carbons (Fsp3) is 0.500. The van der Waals surface area contributed by atoms with Gasteiger partial charge in [-0.05, 0) is 30.7 Å². The number of nitrogens with one attached hydrogen (secondary N) is 2. The summed E-state index contributed by atoms with van der Waals surface area (Å²) in [6.07, 6.45) is 5.98. The van der Waals surface area contributed by atoms with Crippen molar-refractivity contribution in [1.82, 2.24) is 15.5 Å². The van der Waals surface area contributed by atoms with Gasteiger partial charge in [-0.1, -0.05) is 66.3 Å². The number of anilines is 1. The monoisotopic (exact) mass is 410 g/mol. The highest BCUT2D eigenvalue weighted by Crippen LogP contribution is 2.34. The second kappa shape index (κ2) is 9.17. The van der Waals surface area contributed by atoms with Gasteiger partial charge in [0.1, 0.15) is 0 Å². The molecule has 5 nitrogen and oxygen atoms in total. The number of carbonyl (C=O) groups excluding carboxylic acids is 1. The molecule has 0 spiro atoms. The first kappa shape index (κ1) is 19.6. The molecule has 2 aromatic rings. The van der Waals surface area contributed by atoms with Gasteiger partial charge >= 0.3 is 0 Å². The van der Waals surface area contributed by atoms with Crippen LogP contribution >= 0.6 is 35.5 Å². The molecular weight excluding hydrogens is 388 g/mol. The molecule has 3 atom stereocenters. The van der Waals surface area contributed by atoms with E-state index in [4.69, 9.17) is 0 Å². The molecule has 26 heavy (non-hydrogen) atoms. The third kappa shape index (κ3) is 4.76. The Bertz CT molecular complexity index is 713. The summed E-state index contributed by atoms with van der Waals surface area (Å²) < 4.78 is 0.882. The van der Waals surface area contributed by atoms with Gasteiger partial charge in [-0.15, -0.1) is 22.6 Å². The van der Waals surface area contributed by atoms with Gasteiger partial charge in [0.25, 0.3) is 0 Å². The van der Waals surface area contributed by atoms with Crippen LogP contribution in [0.2, 0.25) is 0 Å². The number of amides is 1. The van der Waals surface area contributed by atoms with Crippen molar-refractivity contribution in [2.24, 2.45) is 5.92 Å². The number of hydrogen-bond acceptors (Lipinski definition) is 6. The van der Waals surface area contributed by atoms with Crippen molar-refractivity contribution in [2.45, 2.75) is 54.3 Å². The number of benzene rings is 1. The van der Waals surface area contributed by atoms with E-state index in [1.807, 2.05) is 18.2 Å². The molecule has 1 aromatic heterocycles. The highest BCUT2D eigenvalue weighted by molar-refractivity contribution is 8.00. The number of aromatic nitrogens is 2. The molecule has 3 unspecified atom stereocenters. The number of rotatable bonds is 5. The minimum atomic E-state index is -0.0857. The highest BCUT2D eigenvalue weighted by Gasteiger charge is 2.38. The quantitative estimate of drug-likeness (QED) is 0.573. The third-order valence-electron chi connectivity index (χ3n) is 5.02. The summed E-state index contributed by atoms with van der Waals surface area (Å²) in [6.45, 7) is 0. The van der Waals surface area contributed by atoms with Gasteiger partial charge in [0, 0.05) is 11.8 Å². The molecule has 140 valence electrons. The lowest BCUT2D eigenvalue weighted by Crippen LogP contribution is -2.39. The number of fused-ring (bicyclic) bond motifs is 1. The van der Waals surface area contributed by atoms with Crippen LogP contribution in [-0.2, 0) is 10.5 Å². The molecule has 0 bridgehead atoms. The first-order chi connectivity index (χ1) is 12.3. The van der Waals surface area contributed by atoms with Gasteiger partial charge in [0.05, 0.1) is 6.04 Å². The van der Waals surface area contributed by atoms with Crippen LogP contribution in [0, 0.1) is 5.92 Å². The predicted molar refractivity (Wildman–Crippen MR) is 109 cm³/mol. The van der Waals surface area contributed by atoms with E-state index in [0.29, 0.717) is 17.1 Å². The fourth-order valence-corrected chi connectivity index (χ4v) is 5.46. The van der Waals surface area contributed by atoms with Crippen LogP contribution in [0.25, 0.3) is 0 Å². The van der Waals surface area contributed by atoms with Crippen LogP contribution in [-0.4, -0.2) is 28.2 Å². The van der Waals surface area contributed by atoms with E-state index in [2.05, 4.69) is 33.0 Å². The molecule has 2 N–H and O–H groups in total. The minimum Gasteiger partial charge on any atom is -0.303 e. The standard InChI is InChI=1S/C18H22N4OS2.ClH/c23-16(15-10-13-8-4-5-9-14(13)19-15)20-17-21-22-18(25-17)24-11-12-6-2-1-3-7-12;/h1-3,6-7,13-15,19H,4-5,8-11H2,(H,20,21,23);1H. The molecule has 2 heterocycles. The molecule has 1 aliphatic heterocycles. The van der Waals surface area contributed by atoms with Crippen molar-refractivity contribution in [2.75, 3.05) is 5.32 Å². The van der Waals surface area contributed by atoms with E-state index in [-0.39, 0.29) is 24.4 Å². The molecule has 8 heteroatoms. The smallest absolute Gasteiger partial charge is 0.243 e. The topological polar surface area (TPSA) is 66.9 Å². The number of carbonyl (C=O) groups is 1. The van der Waals surface area contributed by atoms with E-state index < -0.39 is 0 Å². The Hall–Kier alpha value is -1.15. The average molecular weight is 411 g/mol. The van der Waals surface area contributed by atoms with Gasteiger partial charge in [0.15, 0.2) is 4.34 Å². The number of thioether (sulfide) groups is 1. The van der Waals surface area contributed by atoms with Crippen LogP contribution in [0.4, 0.5) is 5.13 Å². The van der Waals surface area contributed by atoms with Gasteiger partial charge < -0.3 is 5.32 Å². The molecule has 1 aromatic carbocycles. The molecule has 2 fully saturated rings. The Morgan fingerprint density at radius 1 is 1.23 bits per heavy atom. The lowest BCUT2D eigenvalue weighted by atomic mass is 9.85. The zero-order chi connectivity index (χ0) is 17.1. The minimum absolute atomic E-state index is 0. The number of nitrogens with zero attached hydrogens (tertiary/aromatic N) is 2. The summed E-state index contributed by atoms with van der Waals surface area (Å²) in [5, 5.41) is 15.3. The third-order valence-corrected chi connectivity index (χ3v) is 7.06. The molecule has 2 aliphatic rings. The van der Waals surface area contributed by atoms with E-state index in [1.54, 1.807) is 11.8 Å². The summed E-state index contributed by atoms with van der Waals surface area (Å²) in [5.74, 6) is 1.55. The highest BCUT2D eigenvalue weighted by atomic mass is 35.5. The lowest BCUT2D eigenvalue weighted by molar-refractivity contribution is -0.117. The summed E-state index contributed by atoms with van der Waals surface area (Å²) in [6, 6.07) is 10.7. The van der Waals surface area contributed by atoms with E-state index in [9.17, 15) is 4.79 Å². The Kier molecular flexibility index (Phi) is 6.92. The van der Waals surface area contributed by atoms with Crippen molar-refractivity contribution < 1.29 is 4.79 Å². The van der Waals surface area contributed by atoms with E-state index in [0.717, 1.165) is 16.5 Å². The molecule has 4 rings (SSSR count). The summed E-state index contributed by atoms with van der Waals surface area (Å²) in [7, 11) is 0. The van der Waals surface area contributed by atoms with Crippen molar-refractivity contribution in [3.63, 3.8) is 0 Å². The molecule has 1 saturated carbocycles. The van der Waals surface area contributed by atoms with Crippen LogP contribution in [0.3, 0.4) is 0 Å². The van der Waals surface area contributed by atoms with Crippen molar-refractivity contribution in [3.8, 4) is 0 Å². The largest absolute Gasteiger partial charge is 0.303 e. The maximum atomic E-state index is 12.5. The second-order valence-corrected chi connectivity index (χ2v) is 8.94. The maximum Gasteiger partial charge on any atom is 0.243 e. The van der Waals surface area contributed by atoms with Crippen LogP contribution < -0.4 is 10.6 Å². The average Bonchev–Trinajstić information content (AvgIpc) is 3.27. The zero-order valence-corrected chi connectivity index (χ0v) is 16.8. The lowest BCUT2D eigenvalue weighted by Gasteiger charge is -2.24. The fourth-order valence-electron chi connectivity index (χ4n) is 3.75. The Balaban J connectivity index is 0.00000196. The van der Waals surface area contributed by atoms with E-state index >= 15 is 0 Å². The van der Waals surface area contributed by atoms with E-state index in [1.165, 1.54) is 42.6 Å². The molecule has 1 aliphatic carbocycles. The van der Waals surface area contributed by atoms with Gasteiger partial charge in [-0.25, -0.2) is 0 Å². The molecular formula is C18H23ClN4OS2. The Morgan fingerprint density at radius 2 is 2.04 bits per heavy atom. The van der Waals surface area contributed by atoms with Gasteiger partial charge in [-0.3, -0.25) is 10.1 Å². The summed E-state index contributed by atoms with van der Waals surface area (Å²) in [4.78, 5) is 12.5. The predicted octanol–water partition coefficient (Wildman–Crippen LogP) is 4.11. The van der Waals surface area contributed by atoms with Crippen LogP contribution in [0.5, 0.6) is 0 Å². The second-order valence-electron chi connectivity index (χ2n) is 6.74. The van der Waals surface area contributed by atoms with Gasteiger partial charge in [0.2, 0.25) is 11.0 Å². The number of hydrogen-bond donors (Lipinski definition) is 2. The normalized spacial score (nSPS) is 24.5. The van der Waals surface area contributed by atoms with Crippen LogP contribution in [0.15, 0.2) is 34.7 Å². The Labute approximate surface area is 168 Å². The van der Waals surface area contributed by atoms with Crippen molar-refractivity contribution >= 4 is 46.5 Å². The molecule has 0 radical (unpaired) electrons. The molecule has 1 amide bonds. The van der Waals surface area contributed by atoms with Crippen molar-refractivity contribution in [1.29, 1.82) is 0 Å². The SMILES string of the molecule is Cl.O=C(Nc1nnc(SCc2ccccc2)s1)C1CC2CCCCC2N1. The Morgan fingerprint density at radius 3 is 2.85 bits per heavy atom. The zero-order valence-electron chi connectivity index (χ0n) is 14.4. The first-order valence-electron chi connectivity index (χ1n) is 8.85. The summed E-state index contributed by atoms with van der Waals surface area (Å²) in [5.41, 5.74) is 1.26. The van der Waals surface area contributed by atoms with Gasteiger partial charge in [-0.2, -0.15) is 0 Å². The molecule has 1 saturated heterocycles. The number of halogens is 1. The summed E-state index contributed by atoms with van der Waals surface area (Å²) >= 11 is 3.09. The first-order valence-corrected chi connectivity index (χ1v) is 10.7.